The number of aromatic nitrogens is 1. The molecule has 0 atom stereocenters. The Morgan fingerprint density at radius 2 is 1.84 bits per heavy atom. The lowest BCUT2D eigenvalue weighted by molar-refractivity contribution is 0.0699. The van der Waals surface area contributed by atoms with E-state index in [-0.39, 0.29) is 5.41 Å². The molecule has 1 saturated heterocycles. The molecule has 0 aromatic carbocycles. The third-order valence-electron chi connectivity index (χ3n) is 3.29. The molecule has 1 aliphatic heterocycles. The van der Waals surface area contributed by atoms with Crippen LogP contribution >= 0.6 is 11.3 Å². The molecule has 2 heterocycles. The lowest BCUT2D eigenvalue weighted by Crippen LogP contribution is -2.44. The van der Waals surface area contributed by atoms with Crippen LogP contribution in [0, 0.1) is 0 Å². The summed E-state index contributed by atoms with van der Waals surface area (Å²) in [6.07, 6.45) is 0. The van der Waals surface area contributed by atoms with Crippen LogP contribution in [0.15, 0.2) is 0 Å². The summed E-state index contributed by atoms with van der Waals surface area (Å²) in [4.78, 5) is 20.8. The summed E-state index contributed by atoms with van der Waals surface area (Å²) < 4.78 is 0. The highest BCUT2D eigenvalue weighted by Crippen LogP contribution is 2.34. The molecule has 1 aromatic rings. The standard InChI is InChI=1S/C13H21N3O2S/c1-13(2,3)10-9(11(17)18)19-12(14-10)16-7-5-15(4)6-8-16/h5-8H2,1-4H3,(H,17,18). The third kappa shape index (κ3) is 3.06. The van der Waals surface area contributed by atoms with Crippen molar-refractivity contribution in [3.8, 4) is 0 Å². The number of likely N-dealkylation sites (N-methyl/N-ethyl adjacent to an activating group) is 1. The Morgan fingerprint density at radius 3 is 2.26 bits per heavy atom. The van der Waals surface area contributed by atoms with Gasteiger partial charge in [-0.1, -0.05) is 32.1 Å². The van der Waals surface area contributed by atoms with Gasteiger partial charge in [-0.25, -0.2) is 9.78 Å². The van der Waals surface area contributed by atoms with Crippen molar-refractivity contribution in [2.24, 2.45) is 0 Å². The van der Waals surface area contributed by atoms with Gasteiger partial charge in [-0.05, 0) is 7.05 Å². The minimum atomic E-state index is -0.872. The summed E-state index contributed by atoms with van der Waals surface area (Å²) >= 11 is 1.30. The molecule has 0 radical (unpaired) electrons. The van der Waals surface area contributed by atoms with Crippen LogP contribution in [0.1, 0.15) is 36.1 Å². The highest BCUT2D eigenvalue weighted by Gasteiger charge is 2.29. The summed E-state index contributed by atoms with van der Waals surface area (Å²) in [5, 5.41) is 10.2. The number of carboxylic acid groups (broad SMARTS) is 1. The smallest absolute Gasteiger partial charge is 0.347 e. The van der Waals surface area contributed by atoms with Gasteiger partial charge >= 0.3 is 5.97 Å². The van der Waals surface area contributed by atoms with Gasteiger partial charge in [0.1, 0.15) is 4.88 Å². The van der Waals surface area contributed by atoms with Gasteiger partial charge in [0.05, 0.1) is 5.69 Å². The second-order valence-corrected chi connectivity index (χ2v) is 7.00. The fourth-order valence-corrected chi connectivity index (χ4v) is 3.26. The Morgan fingerprint density at radius 1 is 1.26 bits per heavy atom. The molecule has 6 heteroatoms. The number of hydrogen-bond acceptors (Lipinski definition) is 5. The zero-order chi connectivity index (χ0) is 14.2. The molecule has 0 amide bonds. The van der Waals surface area contributed by atoms with E-state index < -0.39 is 5.97 Å². The minimum absolute atomic E-state index is 0.241. The van der Waals surface area contributed by atoms with Crippen molar-refractivity contribution in [3.63, 3.8) is 0 Å². The van der Waals surface area contributed by atoms with Crippen LogP contribution in [0.4, 0.5) is 5.13 Å². The maximum atomic E-state index is 11.4. The van der Waals surface area contributed by atoms with Gasteiger partial charge in [0.15, 0.2) is 5.13 Å². The number of thiazole rings is 1. The Kier molecular flexibility index (Phi) is 3.82. The van der Waals surface area contributed by atoms with E-state index in [0.717, 1.165) is 31.3 Å². The predicted molar refractivity (Wildman–Crippen MR) is 77.5 cm³/mol. The van der Waals surface area contributed by atoms with E-state index in [4.69, 9.17) is 0 Å². The van der Waals surface area contributed by atoms with E-state index in [1.165, 1.54) is 11.3 Å². The fraction of sp³-hybridized carbons (Fsp3) is 0.692. The number of aromatic carboxylic acids is 1. The molecule has 5 nitrogen and oxygen atoms in total. The molecule has 0 unspecified atom stereocenters. The quantitative estimate of drug-likeness (QED) is 0.898. The van der Waals surface area contributed by atoms with Crippen LogP contribution in [0.3, 0.4) is 0 Å². The van der Waals surface area contributed by atoms with Crippen molar-refractivity contribution in [1.82, 2.24) is 9.88 Å². The molecule has 0 bridgehead atoms. The molecular weight excluding hydrogens is 262 g/mol. The Balaban J connectivity index is 2.30. The Hall–Kier alpha value is -1.14. The van der Waals surface area contributed by atoms with Gasteiger partial charge in [-0.15, -0.1) is 0 Å². The lowest BCUT2D eigenvalue weighted by atomic mass is 9.91. The highest BCUT2D eigenvalue weighted by molar-refractivity contribution is 7.17. The molecule has 1 aliphatic rings. The van der Waals surface area contributed by atoms with E-state index in [1.807, 2.05) is 20.8 Å². The van der Waals surface area contributed by atoms with Crippen molar-refractivity contribution in [1.29, 1.82) is 0 Å². The molecule has 106 valence electrons. The monoisotopic (exact) mass is 283 g/mol. The minimum Gasteiger partial charge on any atom is -0.477 e. The summed E-state index contributed by atoms with van der Waals surface area (Å²) in [6, 6.07) is 0. The van der Waals surface area contributed by atoms with Gasteiger partial charge in [-0.3, -0.25) is 0 Å². The number of piperazine rings is 1. The lowest BCUT2D eigenvalue weighted by Gasteiger charge is -2.32. The molecule has 0 saturated carbocycles. The maximum Gasteiger partial charge on any atom is 0.347 e. The van der Waals surface area contributed by atoms with Crippen LogP contribution in [-0.4, -0.2) is 54.2 Å². The van der Waals surface area contributed by atoms with Gasteiger partial charge in [-0.2, -0.15) is 0 Å². The first-order valence-corrected chi connectivity index (χ1v) is 7.29. The normalized spacial score (nSPS) is 17.8. The summed E-state index contributed by atoms with van der Waals surface area (Å²) in [7, 11) is 2.10. The van der Waals surface area contributed by atoms with Crippen LogP contribution in [0.2, 0.25) is 0 Å². The number of carboxylic acids is 1. The first-order valence-electron chi connectivity index (χ1n) is 6.47. The Labute approximate surface area is 117 Å². The predicted octanol–water partition coefficient (Wildman–Crippen LogP) is 1.89. The second-order valence-electron chi connectivity index (χ2n) is 6.02. The number of anilines is 1. The summed E-state index contributed by atoms with van der Waals surface area (Å²) in [5.41, 5.74) is 0.452. The molecule has 2 rings (SSSR count). The van der Waals surface area contributed by atoms with Gasteiger partial charge in [0, 0.05) is 31.6 Å². The first kappa shape index (κ1) is 14.3. The number of rotatable bonds is 2. The van der Waals surface area contributed by atoms with E-state index in [1.54, 1.807) is 0 Å². The van der Waals surface area contributed by atoms with Crippen LogP contribution in [0.25, 0.3) is 0 Å². The van der Waals surface area contributed by atoms with E-state index in [2.05, 4.69) is 21.8 Å². The summed E-state index contributed by atoms with van der Waals surface area (Å²) in [5.74, 6) is -0.872. The summed E-state index contributed by atoms with van der Waals surface area (Å²) in [6.45, 7) is 9.81. The van der Waals surface area contributed by atoms with Gasteiger partial charge < -0.3 is 14.9 Å². The van der Waals surface area contributed by atoms with Gasteiger partial charge in [0.2, 0.25) is 0 Å². The van der Waals surface area contributed by atoms with Crippen molar-refractivity contribution in [2.45, 2.75) is 26.2 Å². The molecule has 0 spiro atoms. The fourth-order valence-electron chi connectivity index (χ4n) is 2.10. The van der Waals surface area contributed by atoms with E-state index in [9.17, 15) is 9.90 Å². The van der Waals surface area contributed by atoms with Crippen molar-refractivity contribution in [2.75, 3.05) is 38.1 Å². The van der Waals surface area contributed by atoms with E-state index >= 15 is 0 Å². The van der Waals surface area contributed by atoms with Crippen LogP contribution in [-0.2, 0) is 5.41 Å². The van der Waals surface area contributed by atoms with Crippen molar-refractivity contribution in [3.05, 3.63) is 10.6 Å². The average Bonchev–Trinajstić information content (AvgIpc) is 2.74. The largest absolute Gasteiger partial charge is 0.477 e. The zero-order valence-corrected chi connectivity index (χ0v) is 12.8. The van der Waals surface area contributed by atoms with Gasteiger partial charge in [0.25, 0.3) is 0 Å². The molecule has 1 aromatic heterocycles. The highest BCUT2D eigenvalue weighted by atomic mass is 32.1. The molecular formula is C13H21N3O2S. The molecule has 19 heavy (non-hydrogen) atoms. The Bertz CT molecular complexity index is 471. The topological polar surface area (TPSA) is 56.7 Å². The van der Waals surface area contributed by atoms with E-state index in [0.29, 0.717) is 10.6 Å². The first-order chi connectivity index (χ1) is 8.79. The zero-order valence-electron chi connectivity index (χ0n) is 11.9. The van der Waals surface area contributed by atoms with Crippen LogP contribution < -0.4 is 4.90 Å². The third-order valence-corrected chi connectivity index (χ3v) is 4.40. The molecule has 0 aliphatic carbocycles. The molecule has 1 fully saturated rings. The maximum absolute atomic E-state index is 11.4. The van der Waals surface area contributed by atoms with Crippen molar-refractivity contribution < 1.29 is 9.90 Å². The number of hydrogen-bond donors (Lipinski definition) is 1. The van der Waals surface area contributed by atoms with Crippen molar-refractivity contribution >= 4 is 22.4 Å². The van der Waals surface area contributed by atoms with Crippen LogP contribution in [0.5, 0.6) is 0 Å². The second kappa shape index (κ2) is 5.09. The number of carbonyl (C=O) groups is 1. The molecule has 1 N–H and O–H groups in total. The SMILES string of the molecule is CN1CCN(c2nc(C(C)(C)C)c(C(=O)O)s2)CC1. The number of nitrogens with zero attached hydrogens (tertiary/aromatic N) is 3. The average molecular weight is 283 g/mol.